The predicted molar refractivity (Wildman–Crippen MR) is 133 cm³/mol. The first-order valence-corrected chi connectivity index (χ1v) is 12.8. The number of rotatable bonds is 6. The van der Waals surface area contributed by atoms with Crippen LogP contribution in [0.3, 0.4) is 0 Å². The maximum atomic E-state index is 13.8. The fourth-order valence-corrected chi connectivity index (χ4v) is 5.62. The number of carbonyl (C=O) groups excluding carboxylic acids is 1. The molecule has 1 amide bonds. The summed E-state index contributed by atoms with van der Waals surface area (Å²) in [4.78, 5) is 23.1. The minimum atomic E-state index is -5.00. The van der Waals surface area contributed by atoms with Crippen molar-refractivity contribution >= 4 is 11.9 Å². The van der Waals surface area contributed by atoms with E-state index in [0.29, 0.717) is 30.1 Å². The topological polar surface area (TPSA) is 67.3 Å². The first kappa shape index (κ1) is 28.8. The van der Waals surface area contributed by atoms with Crippen LogP contribution in [0.5, 0.6) is 0 Å². The van der Waals surface area contributed by atoms with Gasteiger partial charge in [0.2, 0.25) is 11.9 Å². The average molecular weight is 583 g/mol. The van der Waals surface area contributed by atoms with E-state index in [2.05, 4.69) is 15.3 Å². The number of aromatic nitrogens is 2. The van der Waals surface area contributed by atoms with Crippen LogP contribution >= 0.6 is 0 Å². The minimum absolute atomic E-state index is 0.0650. The third-order valence-corrected chi connectivity index (χ3v) is 7.47. The zero-order chi connectivity index (χ0) is 29.5. The number of fused-ring (bicyclic) bond motifs is 1. The van der Waals surface area contributed by atoms with Crippen LogP contribution in [0.25, 0.3) is 0 Å². The summed E-state index contributed by atoms with van der Waals surface area (Å²) < 4.78 is 101. The van der Waals surface area contributed by atoms with E-state index in [9.17, 15) is 35.5 Å². The van der Waals surface area contributed by atoms with Crippen LogP contribution in [0.15, 0.2) is 60.9 Å². The normalized spacial score (nSPS) is 23.8. The molecular formula is C28H25F7N4O2. The van der Waals surface area contributed by atoms with Crippen molar-refractivity contribution in [2.75, 3.05) is 11.9 Å². The van der Waals surface area contributed by atoms with Crippen molar-refractivity contribution in [2.45, 2.75) is 62.3 Å². The molecule has 2 saturated heterocycles. The molecule has 41 heavy (non-hydrogen) atoms. The Labute approximate surface area is 230 Å². The Balaban J connectivity index is 1.45. The van der Waals surface area contributed by atoms with Crippen LogP contribution in [0.2, 0.25) is 0 Å². The van der Waals surface area contributed by atoms with Crippen molar-refractivity contribution in [3.8, 4) is 0 Å². The molecule has 2 aromatic carbocycles. The van der Waals surface area contributed by atoms with E-state index >= 15 is 0 Å². The number of nitrogens with one attached hydrogen (secondary N) is 1. The van der Waals surface area contributed by atoms with Crippen LogP contribution in [0, 0.1) is 5.82 Å². The van der Waals surface area contributed by atoms with Crippen molar-refractivity contribution < 1.29 is 40.3 Å². The van der Waals surface area contributed by atoms with E-state index < -0.39 is 53.5 Å². The monoisotopic (exact) mass is 582 g/mol. The average Bonchev–Trinajstić information content (AvgIpc) is 3.26. The highest BCUT2D eigenvalue weighted by Crippen LogP contribution is 2.44. The molecule has 0 bridgehead atoms. The second-order valence-electron chi connectivity index (χ2n) is 10.2. The summed E-state index contributed by atoms with van der Waals surface area (Å²) in [6, 6.07) is 7.78. The second-order valence-corrected chi connectivity index (χ2v) is 10.2. The van der Waals surface area contributed by atoms with E-state index in [1.54, 1.807) is 35.5 Å². The highest BCUT2D eigenvalue weighted by atomic mass is 19.4. The molecule has 0 spiro atoms. The molecule has 2 fully saturated rings. The highest BCUT2D eigenvalue weighted by molar-refractivity contribution is 5.79. The van der Waals surface area contributed by atoms with Gasteiger partial charge >= 0.3 is 12.4 Å². The summed E-state index contributed by atoms with van der Waals surface area (Å²) in [5, 5.41) is 3.14. The van der Waals surface area contributed by atoms with Crippen LogP contribution in [0.4, 0.5) is 36.7 Å². The number of hydrogen-bond acceptors (Lipinski definition) is 5. The van der Waals surface area contributed by atoms with E-state index in [4.69, 9.17) is 4.74 Å². The van der Waals surface area contributed by atoms with Crippen LogP contribution in [-0.2, 0) is 21.9 Å². The van der Waals surface area contributed by atoms with Gasteiger partial charge in [0, 0.05) is 43.4 Å². The number of carbonyl (C=O) groups is 1. The van der Waals surface area contributed by atoms with Crippen LogP contribution < -0.4 is 5.32 Å². The van der Waals surface area contributed by atoms with Gasteiger partial charge in [0.05, 0.1) is 23.3 Å². The molecule has 2 aliphatic heterocycles. The Kier molecular flexibility index (Phi) is 7.66. The standard InChI is InChI=1S/C28H25F7N4O2/c1-15(17-9-18(27(30,31)32)11-19(10-17)28(33,34)35)41-23-14-39-22(25(23)16-3-5-20(29)6-4-16)12-21(13-24(39)40)38-26-36-7-2-8-37-26/h2-11,15,21-23,25H,12-14H2,1H3,(H,36,37,38)/t15-,21?,22+,23+,25+/m1/s1. The van der Waals surface area contributed by atoms with E-state index in [0.717, 1.165) is 0 Å². The first-order chi connectivity index (χ1) is 19.3. The first-order valence-electron chi connectivity index (χ1n) is 12.8. The summed E-state index contributed by atoms with van der Waals surface area (Å²) in [6.45, 7) is 1.43. The minimum Gasteiger partial charge on any atom is -0.368 e. The Hall–Kier alpha value is -3.74. The Morgan fingerprint density at radius 2 is 1.59 bits per heavy atom. The number of nitrogens with zero attached hydrogens (tertiary/aromatic N) is 3. The lowest BCUT2D eigenvalue weighted by Crippen LogP contribution is -2.48. The van der Waals surface area contributed by atoms with Crippen molar-refractivity contribution in [1.29, 1.82) is 0 Å². The molecule has 6 nitrogen and oxygen atoms in total. The van der Waals surface area contributed by atoms with Crippen molar-refractivity contribution in [3.05, 3.63) is 89.0 Å². The fourth-order valence-electron chi connectivity index (χ4n) is 5.62. The number of alkyl halides is 6. The maximum absolute atomic E-state index is 13.8. The summed E-state index contributed by atoms with van der Waals surface area (Å²) in [5.74, 6) is -0.893. The van der Waals surface area contributed by atoms with Crippen molar-refractivity contribution in [1.82, 2.24) is 14.9 Å². The molecule has 218 valence electrons. The number of amides is 1. The molecule has 3 aromatic rings. The third kappa shape index (κ3) is 6.29. The van der Waals surface area contributed by atoms with Gasteiger partial charge in [0.15, 0.2) is 0 Å². The van der Waals surface area contributed by atoms with Gasteiger partial charge in [0.25, 0.3) is 0 Å². The maximum Gasteiger partial charge on any atom is 0.416 e. The van der Waals surface area contributed by atoms with Crippen molar-refractivity contribution in [3.63, 3.8) is 0 Å². The molecule has 3 heterocycles. The molecule has 1 aromatic heterocycles. The number of hydrogen-bond donors (Lipinski definition) is 1. The Morgan fingerprint density at radius 3 is 2.17 bits per heavy atom. The van der Waals surface area contributed by atoms with E-state index in [1.807, 2.05) is 0 Å². The summed E-state index contributed by atoms with van der Waals surface area (Å²) in [6.07, 6.45) is -8.33. The van der Waals surface area contributed by atoms with Crippen molar-refractivity contribution in [2.24, 2.45) is 0 Å². The van der Waals surface area contributed by atoms with Gasteiger partial charge in [-0.3, -0.25) is 4.79 Å². The Morgan fingerprint density at radius 1 is 0.976 bits per heavy atom. The summed E-state index contributed by atoms with van der Waals surface area (Å²) in [7, 11) is 0. The Bertz CT molecular complexity index is 1350. The lowest BCUT2D eigenvalue weighted by Gasteiger charge is -2.37. The quantitative estimate of drug-likeness (QED) is 0.343. The SMILES string of the molecule is C[C@@H](O[C@H]1CN2C(=O)CC(Nc3ncccn3)C[C@H]2[C@@H]1c1ccc(F)cc1)c1cc(C(F)(F)F)cc(C(F)(F)F)c1. The van der Waals surface area contributed by atoms with Crippen LogP contribution in [-0.4, -0.2) is 45.5 Å². The molecule has 1 unspecified atom stereocenters. The number of benzene rings is 2. The molecule has 13 heteroatoms. The summed E-state index contributed by atoms with van der Waals surface area (Å²) >= 11 is 0. The molecule has 5 rings (SSSR count). The molecule has 5 atom stereocenters. The number of ether oxygens (including phenoxy) is 1. The molecule has 0 radical (unpaired) electrons. The van der Waals surface area contributed by atoms with Gasteiger partial charge in [-0.05, 0) is 60.9 Å². The van der Waals surface area contributed by atoms with Crippen LogP contribution in [0.1, 0.15) is 54.0 Å². The fraction of sp³-hybridized carbons (Fsp3) is 0.393. The number of anilines is 1. The predicted octanol–water partition coefficient (Wildman–Crippen LogP) is 6.37. The van der Waals surface area contributed by atoms with E-state index in [1.165, 1.54) is 19.1 Å². The summed E-state index contributed by atoms with van der Waals surface area (Å²) in [5.41, 5.74) is -2.56. The third-order valence-electron chi connectivity index (χ3n) is 7.47. The zero-order valence-corrected chi connectivity index (χ0v) is 21.6. The molecular weight excluding hydrogens is 557 g/mol. The van der Waals surface area contributed by atoms with Gasteiger partial charge in [-0.2, -0.15) is 26.3 Å². The molecule has 1 N–H and O–H groups in total. The molecule has 0 saturated carbocycles. The molecule has 0 aliphatic carbocycles. The van der Waals surface area contributed by atoms with Gasteiger partial charge in [-0.25, -0.2) is 14.4 Å². The largest absolute Gasteiger partial charge is 0.416 e. The number of piperidine rings is 1. The van der Waals surface area contributed by atoms with Gasteiger partial charge in [0.1, 0.15) is 5.82 Å². The second kappa shape index (κ2) is 10.9. The lowest BCUT2D eigenvalue weighted by atomic mass is 9.84. The van der Waals surface area contributed by atoms with E-state index in [-0.39, 0.29) is 36.5 Å². The van der Waals surface area contributed by atoms with Gasteiger partial charge in [-0.1, -0.05) is 12.1 Å². The zero-order valence-electron chi connectivity index (χ0n) is 21.6. The van der Waals surface area contributed by atoms with Gasteiger partial charge < -0.3 is 15.0 Å². The van der Waals surface area contributed by atoms with Gasteiger partial charge in [-0.15, -0.1) is 0 Å². The number of halogens is 7. The highest BCUT2D eigenvalue weighted by Gasteiger charge is 2.49. The smallest absolute Gasteiger partial charge is 0.368 e. The molecule has 2 aliphatic rings. The lowest BCUT2D eigenvalue weighted by molar-refractivity contribution is -0.143.